The third-order valence-corrected chi connectivity index (χ3v) is 3.01. The Labute approximate surface area is 118 Å². The number of aromatic amines is 1. The lowest BCUT2D eigenvalue weighted by atomic mass is 10.3. The molecule has 9 heteroatoms. The number of carbonyl (C=O) groups excluding carboxylic acids is 1. The summed E-state index contributed by atoms with van der Waals surface area (Å²) in [4.78, 5) is 36.9. The van der Waals surface area contributed by atoms with Crippen molar-refractivity contribution in [3.05, 3.63) is 46.0 Å². The number of rotatable bonds is 4. The summed E-state index contributed by atoms with van der Waals surface area (Å²) < 4.78 is 1.37. The number of aromatic nitrogens is 2. The summed E-state index contributed by atoms with van der Waals surface area (Å²) in [5.74, 6) is -1.62. The van der Waals surface area contributed by atoms with Gasteiger partial charge in [0.05, 0.1) is 16.8 Å². The van der Waals surface area contributed by atoms with Crippen molar-refractivity contribution in [3.8, 4) is 0 Å². The van der Waals surface area contributed by atoms with E-state index in [2.05, 4.69) is 4.98 Å². The first-order chi connectivity index (χ1) is 9.81. The molecule has 2 rings (SSSR count). The Bertz CT molecular complexity index is 730. The number of nitrogens with zero attached hydrogens (tertiary/aromatic N) is 3. The zero-order chi connectivity index (χ0) is 15.7. The maximum absolute atomic E-state index is 12.2. The van der Waals surface area contributed by atoms with Crippen molar-refractivity contribution < 1.29 is 19.6 Å². The molecule has 2 aromatic heterocycles. The molecule has 0 saturated heterocycles. The van der Waals surface area contributed by atoms with Gasteiger partial charge in [-0.05, 0) is 6.07 Å². The number of aryl methyl sites for hydroxylation is 1. The number of carboxylic acid groups (broad SMARTS) is 1. The fourth-order valence-electron chi connectivity index (χ4n) is 1.85. The molecule has 0 aromatic carbocycles. The summed E-state index contributed by atoms with van der Waals surface area (Å²) in [6.07, 6.45) is 2.60. The van der Waals surface area contributed by atoms with Gasteiger partial charge in [-0.15, -0.1) is 0 Å². The van der Waals surface area contributed by atoms with Crippen molar-refractivity contribution in [2.45, 2.75) is 0 Å². The van der Waals surface area contributed by atoms with Gasteiger partial charge in [0.15, 0.2) is 0 Å². The van der Waals surface area contributed by atoms with Crippen molar-refractivity contribution in [3.63, 3.8) is 0 Å². The highest BCUT2D eigenvalue weighted by atomic mass is 16.6. The zero-order valence-corrected chi connectivity index (χ0v) is 11.2. The molecule has 9 nitrogen and oxygen atoms in total. The molecule has 0 aliphatic rings. The lowest BCUT2D eigenvalue weighted by Crippen LogP contribution is -2.26. The van der Waals surface area contributed by atoms with E-state index in [1.165, 1.54) is 28.8 Å². The Morgan fingerprint density at radius 3 is 2.57 bits per heavy atom. The summed E-state index contributed by atoms with van der Waals surface area (Å²) in [5.41, 5.74) is 0.232. The smallest absolute Gasteiger partial charge is 0.352 e. The third-order valence-electron chi connectivity index (χ3n) is 3.01. The molecule has 1 amide bonds. The largest absolute Gasteiger partial charge is 0.477 e. The molecule has 0 atom stereocenters. The van der Waals surface area contributed by atoms with Crippen LogP contribution in [0.5, 0.6) is 0 Å². The molecule has 0 radical (unpaired) electrons. The van der Waals surface area contributed by atoms with Crippen LogP contribution in [0.25, 0.3) is 0 Å². The van der Waals surface area contributed by atoms with Crippen LogP contribution in [0.15, 0.2) is 24.5 Å². The quantitative estimate of drug-likeness (QED) is 0.648. The molecule has 0 unspecified atom stereocenters. The van der Waals surface area contributed by atoms with Gasteiger partial charge in [0.25, 0.3) is 11.6 Å². The van der Waals surface area contributed by atoms with E-state index in [1.54, 1.807) is 7.05 Å². The second-order valence-corrected chi connectivity index (χ2v) is 4.39. The minimum Gasteiger partial charge on any atom is -0.477 e. The van der Waals surface area contributed by atoms with Gasteiger partial charge in [0.2, 0.25) is 0 Å². The SMILES string of the molecule is CN(C(=O)c1cc([N+](=O)[O-])c[nH]1)c1cc(C(=O)O)n(C)c1. The summed E-state index contributed by atoms with van der Waals surface area (Å²) in [6, 6.07) is 2.47. The van der Waals surface area contributed by atoms with E-state index < -0.39 is 16.8 Å². The summed E-state index contributed by atoms with van der Waals surface area (Å²) in [5, 5.41) is 19.6. The number of carboxylic acids is 1. The molecule has 0 aliphatic heterocycles. The first-order valence-corrected chi connectivity index (χ1v) is 5.81. The molecule has 2 N–H and O–H groups in total. The minimum atomic E-state index is -1.11. The maximum Gasteiger partial charge on any atom is 0.352 e. The molecular weight excluding hydrogens is 280 g/mol. The molecule has 21 heavy (non-hydrogen) atoms. The average molecular weight is 292 g/mol. The Morgan fingerprint density at radius 1 is 1.43 bits per heavy atom. The van der Waals surface area contributed by atoms with Crippen molar-refractivity contribution in [1.82, 2.24) is 9.55 Å². The number of nitro groups is 1. The van der Waals surface area contributed by atoms with Gasteiger partial charge in [0, 0.05) is 26.4 Å². The first kappa shape index (κ1) is 14.3. The molecule has 0 bridgehead atoms. The van der Waals surface area contributed by atoms with Crippen LogP contribution in [0, 0.1) is 10.1 Å². The number of hydrogen-bond acceptors (Lipinski definition) is 4. The van der Waals surface area contributed by atoms with Crippen LogP contribution in [-0.2, 0) is 7.05 Å². The van der Waals surface area contributed by atoms with Crippen LogP contribution >= 0.6 is 0 Å². The van der Waals surface area contributed by atoms with E-state index in [1.807, 2.05) is 0 Å². The number of nitrogens with one attached hydrogen (secondary N) is 1. The third kappa shape index (κ3) is 2.61. The van der Waals surface area contributed by atoms with Crippen LogP contribution in [-0.4, -0.2) is 38.5 Å². The molecule has 0 aliphatic carbocycles. The average Bonchev–Trinajstić information content (AvgIpc) is 3.03. The molecule has 2 heterocycles. The van der Waals surface area contributed by atoms with E-state index in [-0.39, 0.29) is 17.1 Å². The second-order valence-electron chi connectivity index (χ2n) is 4.39. The lowest BCUT2D eigenvalue weighted by molar-refractivity contribution is -0.384. The zero-order valence-electron chi connectivity index (χ0n) is 11.2. The number of carbonyl (C=O) groups is 2. The summed E-state index contributed by atoms with van der Waals surface area (Å²) >= 11 is 0. The van der Waals surface area contributed by atoms with Gasteiger partial charge in [-0.2, -0.15) is 0 Å². The molecule has 0 fully saturated rings. The summed E-state index contributed by atoms with van der Waals surface area (Å²) in [7, 11) is 3.00. The predicted octanol–water partition coefficient (Wildman–Crippen LogP) is 1.24. The standard InChI is InChI=1S/C12H12N4O5/c1-14-6-8(4-10(14)12(18)19)15(2)11(17)9-3-7(5-13-9)16(20)21/h3-6,13H,1-2H3,(H,18,19). The fraction of sp³-hybridized carbons (Fsp3) is 0.167. The van der Waals surface area contributed by atoms with Gasteiger partial charge in [-0.1, -0.05) is 0 Å². The van der Waals surface area contributed by atoms with Crippen molar-refractivity contribution in [1.29, 1.82) is 0 Å². The number of amides is 1. The van der Waals surface area contributed by atoms with Crippen LogP contribution < -0.4 is 4.90 Å². The number of anilines is 1. The Balaban J connectivity index is 2.28. The monoisotopic (exact) mass is 292 g/mol. The van der Waals surface area contributed by atoms with Crippen LogP contribution in [0.1, 0.15) is 21.0 Å². The van der Waals surface area contributed by atoms with Crippen LogP contribution in [0.3, 0.4) is 0 Å². The van der Waals surface area contributed by atoms with Gasteiger partial charge in [-0.3, -0.25) is 14.9 Å². The number of H-pyrrole nitrogens is 1. The van der Waals surface area contributed by atoms with Crippen molar-refractivity contribution in [2.75, 3.05) is 11.9 Å². The van der Waals surface area contributed by atoms with E-state index in [9.17, 15) is 19.7 Å². The van der Waals surface area contributed by atoms with E-state index in [0.29, 0.717) is 5.69 Å². The lowest BCUT2D eigenvalue weighted by Gasteiger charge is -2.13. The van der Waals surface area contributed by atoms with Gasteiger partial charge >= 0.3 is 5.97 Å². The van der Waals surface area contributed by atoms with Gasteiger partial charge < -0.3 is 19.6 Å². The van der Waals surface area contributed by atoms with E-state index in [0.717, 1.165) is 12.3 Å². The van der Waals surface area contributed by atoms with E-state index in [4.69, 9.17) is 5.11 Å². The highest BCUT2D eigenvalue weighted by molar-refractivity contribution is 6.05. The van der Waals surface area contributed by atoms with E-state index >= 15 is 0 Å². The number of aromatic carboxylic acids is 1. The first-order valence-electron chi connectivity index (χ1n) is 5.81. The Kier molecular flexibility index (Phi) is 3.49. The molecule has 0 saturated carbocycles. The number of hydrogen-bond donors (Lipinski definition) is 2. The fourth-order valence-corrected chi connectivity index (χ4v) is 1.85. The van der Waals surface area contributed by atoms with Crippen LogP contribution in [0.2, 0.25) is 0 Å². The Morgan fingerprint density at radius 2 is 2.10 bits per heavy atom. The van der Waals surface area contributed by atoms with Crippen LogP contribution in [0.4, 0.5) is 11.4 Å². The van der Waals surface area contributed by atoms with Crippen molar-refractivity contribution in [2.24, 2.45) is 7.05 Å². The highest BCUT2D eigenvalue weighted by Crippen LogP contribution is 2.20. The molecule has 2 aromatic rings. The second kappa shape index (κ2) is 5.12. The molecule has 110 valence electrons. The molecule has 0 spiro atoms. The topological polar surface area (TPSA) is 121 Å². The van der Waals surface area contributed by atoms with Gasteiger partial charge in [-0.25, -0.2) is 4.79 Å². The molecular formula is C12H12N4O5. The highest BCUT2D eigenvalue weighted by Gasteiger charge is 2.21. The normalized spacial score (nSPS) is 10.4. The van der Waals surface area contributed by atoms with Crippen molar-refractivity contribution >= 4 is 23.3 Å². The predicted molar refractivity (Wildman–Crippen MR) is 72.6 cm³/mol. The van der Waals surface area contributed by atoms with Gasteiger partial charge in [0.1, 0.15) is 11.4 Å². The maximum atomic E-state index is 12.2. The summed E-state index contributed by atoms with van der Waals surface area (Å²) in [6.45, 7) is 0. The minimum absolute atomic E-state index is 0.0297. The Hall–Kier alpha value is -3.10.